The molecule has 0 fully saturated rings. The fraction of sp³-hybridized carbons (Fsp3) is 0.160. The molecule has 0 aliphatic heterocycles. The molecule has 3 aromatic carbocycles. The van der Waals surface area contributed by atoms with Crippen molar-refractivity contribution in [1.29, 1.82) is 0 Å². The molecular formula is C25H22F2N2O3. The normalized spacial score (nSPS) is 12.6. The Labute approximate surface area is 184 Å². The molecule has 2 N–H and O–H groups in total. The molecule has 1 unspecified atom stereocenters. The molecule has 0 aliphatic rings. The molecule has 3 aromatic rings. The number of primary amides is 1. The van der Waals surface area contributed by atoms with Crippen LogP contribution in [0.4, 0.5) is 8.78 Å². The molecule has 32 heavy (non-hydrogen) atoms. The predicted octanol–water partition coefficient (Wildman–Crippen LogP) is 3.83. The standard InChI is InChI=1S/C25H22F2N2O3/c1-16(25(28)32)29(22(30)14-17-12-20(26)15-21(27)13-17)23(18-8-4-2-5-9-18)24(31)19-10-6-3-7-11-19/h2-13,15-16,23H,14H2,1H3,(H2,28,32)/t16-,23?/m0/s1. The first-order chi connectivity index (χ1) is 15.3. The van der Waals surface area contributed by atoms with Crippen LogP contribution >= 0.6 is 0 Å². The number of carbonyl (C=O) groups excluding carboxylic acids is 3. The van der Waals surface area contributed by atoms with Crippen LogP contribution in [0.15, 0.2) is 78.9 Å². The average molecular weight is 436 g/mol. The Balaban J connectivity index is 2.08. The van der Waals surface area contributed by atoms with Crippen LogP contribution in [-0.2, 0) is 16.0 Å². The van der Waals surface area contributed by atoms with Crippen LogP contribution in [0.5, 0.6) is 0 Å². The number of carbonyl (C=O) groups is 3. The second kappa shape index (κ2) is 9.96. The number of nitrogens with zero attached hydrogens (tertiary/aromatic N) is 1. The SMILES string of the molecule is C[C@@H](C(N)=O)N(C(=O)Cc1cc(F)cc(F)c1)C(C(=O)c1ccccc1)c1ccccc1. The Morgan fingerprint density at radius 2 is 1.41 bits per heavy atom. The summed E-state index contributed by atoms with van der Waals surface area (Å²) in [5, 5.41) is 0. The Kier molecular flexibility index (Phi) is 7.10. The first-order valence-corrected chi connectivity index (χ1v) is 9.97. The second-order valence-corrected chi connectivity index (χ2v) is 7.38. The van der Waals surface area contributed by atoms with E-state index in [1.165, 1.54) is 6.92 Å². The van der Waals surface area contributed by atoms with Gasteiger partial charge in [0.1, 0.15) is 23.7 Å². The Bertz CT molecular complexity index is 1100. The van der Waals surface area contributed by atoms with Gasteiger partial charge in [-0.3, -0.25) is 14.4 Å². The summed E-state index contributed by atoms with van der Waals surface area (Å²) in [6.45, 7) is 1.42. The lowest BCUT2D eigenvalue weighted by atomic mass is 9.93. The topological polar surface area (TPSA) is 80.5 Å². The Morgan fingerprint density at radius 3 is 1.94 bits per heavy atom. The molecule has 2 amide bonds. The van der Waals surface area contributed by atoms with Crippen molar-refractivity contribution in [3.8, 4) is 0 Å². The molecule has 164 valence electrons. The van der Waals surface area contributed by atoms with Crippen LogP contribution in [0.3, 0.4) is 0 Å². The third-order valence-electron chi connectivity index (χ3n) is 5.09. The molecule has 5 nitrogen and oxygen atoms in total. The monoisotopic (exact) mass is 436 g/mol. The third kappa shape index (κ3) is 5.24. The van der Waals surface area contributed by atoms with Gasteiger partial charge in [0.2, 0.25) is 11.8 Å². The van der Waals surface area contributed by atoms with E-state index in [1.807, 2.05) is 0 Å². The van der Waals surface area contributed by atoms with E-state index in [1.54, 1.807) is 60.7 Å². The van der Waals surface area contributed by atoms with E-state index in [-0.39, 0.29) is 5.56 Å². The molecule has 0 bridgehead atoms. The minimum Gasteiger partial charge on any atom is -0.368 e. The van der Waals surface area contributed by atoms with Crippen molar-refractivity contribution in [2.24, 2.45) is 5.73 Å². The van der Waals surface area contributed by atoms with E-state index in [9.17, 15) is 23.2 Å². The van der Waals surface area contributed by atoms with Crippen LogP contribution in [0.25, 0.3) is 0 Å². The van der Waals surface area contributed by atoms with Gasteiger partial charge in [-0.2, -0.15) is 0 Å². The van der Waals surface area contributed by atoms with Crippen LogP contribution in [0.2, 0.25) is 0 Å². The van der Waals surface area contributed by atoms with Crippen molar-refractivity contribution in [1.82, 2.24) is 4.90 Å². The fourth-order valence-corrected chi connectivity index (χ4v) is 3.53. The number of halogens is 2. The molecule has 0 radical (unpaired) electrons. The van der Waals surface area contributed by atoms with Crippen LogP contribution < -0.4 is 5.73 Å². The molecule has 3 rings (SSSR count). The molecule has 0 aromatic heterocycles. The summed E-state index contributed by atoms with van der Waals surface area (Å²) in [4.78, 5) is 40.1. The molecule has 0 aliphatic carbocycles. The zero-order valence-electron chi connectivity index (χ0n) is 17.4. The minimum absolute atomic E-state index is 0.0770. The summed E-state index contributed by atoms with van der Waals surface area (Å²) in [5.41, 5.74) is 6.40. The third-order valence-corrected chi connectivity index (χ3v) is 5.09. The van der Waals surface area contributed by atoms with Gasteiger partial charge in [-0.1, -0.05) is 60.7 Å². The lowest BCUT2D eigenvalue weighted by molar-refractivity contribution is -0.140. The second-order valence-electron chi connectivity index (χ2n) is 7.38. The molecule has 0 saturated carbocycles. The molecule has 0 saturated heterocycles. The summed E-state index contributed by atoms with van der Waals surface area (Å²) in [7, 11) is 0. The first kappa shape index (κ1) is 22.8. The van der Waals surface area contributed by atoms with E-state index in [0.29, 0.717) is 17.2 Å². The number of hydrogen-bond donors (Lipinski definition) is 1. The number of Topliss-reactive ketones (excluding diaryl/α,β-unsaturated/α-hetero) is 1. The van der Waals surface area contributed by atoms with Crippen LogP contribution in [0.1, 0.15) is 34.5 Å². The maximum Gasteiger partial charge on any atom is 0.239 e. The Morgan fingerprint density at radius 1 is 0.875 bits per heavy atom. The maximum atomic E-state index is 13.6. The lowest BCUT2D eigenvalue weighted by Crippen LogP contribution is -2.50. The van der Waals surface area contributed by atoms with Gasteiger partial charge in [-0.05, 0) is 30.2 Å². The number of ketones is 1. The van der Waals surface area contributed by atoms with Crippen molar-refractivity contribution in [3.63, 3.8) is 0 Å². The van der Waals surface area contributed by atoms with Crippen LogP contribution in [-0.4, -0.2) is 28.5 Å². The van der Waals surface area contributed by atoms with Crippen molar-refractivity contribution >= 4 is 17.6 Å². The quantitative estimate of drug-likeness (QED) is 0.545. The number of hydrogen-bond acceptors (Lipinski definition) is 3. The van der Waals surface area contributed by atoms with E-state index < -0.39 is 47.7 Å². The summed E-state index contributed by atoms with van der Waals surface area (Å²) in [6.07, 6.45) is -0.419. The highest BCUT2D eigenvalue weighted by Gasteiger charge is 2.37. The summed E-state index contributed by atoms with van der Waals surface area (Å²) < 4.78 is 27.3. The van der Waals surface area contributed by atoms with Crippen molar-refractivity contribution in [2.45, 2.75) is 25.4 Å². The molecule has 0 spiro atoms. The first-order valence-electron chi connectivity index (χ1n) is 9.97. The van der Waals surface area contributed by atoms with E-state index >= 15 is 0 Å². The van der Waals surface area contributed by atoms with E-state index in [4.69, 9.17) is 5.73 Å². The average Bonchev–Trinajstić information content (AvgIpc) is 2.76. The molecule has 2 atom stereocenters. The van der Waals surface area contributed by atoms with E-state index in [0.717, 1.165) is 17.0 Å². The van der Waals surface area contributed by atoms with Gasteiger partial charge in [0.15, 0.2) is 5.78 Å². The molecule has 0 heterocycles. The van der Waals surface area contributed by atoms with Gasteiger partial charge in [0.25, 0.3) is 0 Å². The minimum atomic E-state index is -1.16. The number of amides is 2. The van der Waals surface area contributed by atoms with Gasteiger partial charge in [-0.25, -0.2) is 8.78 Å². The highest BCUT2D eigenvalue weighted by molar-refractivity contribution is 6.03. The zero-order valence-corrected chi connectivity index (χ0v) is 17.4. The highest BCUT2D eigenvalue weighted by atomic mass is 19.1. The number of rotatable bonds is 8. The van der Waals surface area contributed by atoms with Crippen molar-refractivity contribution in [2.75, 3.05) is 0 Å². The van der Waals surface area contributed by atoms with Gasteiger partial charge >= 0.3 is 0 Å². The number of benzene rings is 3. The van der Waals surface area contributed by atoms with Crippen molar-refractivity contribution < 1.29 is 23.2 Å². The van der Waals surface area contributed by atoms with Crippen molar-refractivity contribution in [3.05, 3.63) is 107 Å². The maximum absolute atomic E-state index is 13.6. The van der Waals surface area contributed by atoms with Gasteiger partial charge in [0, 0.05) is 11.6 Å². The van der Waals surface area contributed by atoms with Gasteiger partial charge in [-0.15, -0.1) is 0 Å². The number of nitrogens with two attached hydrogens (primary N) is 1. The molecular weight excluding hydrogens is 414 g/mol. The molecule has 7 heteroatoms. The van der Waals surface area contributed by atoms with Gasteiger partial charge < -0.3 is 10.6 Å². The zero-order chi connectivity index (χ0) is 23.3. The Hall–Kier alpha value is -3.87. The van der Waals surface area contributed by atoms with Crippen LogP contribution in [0, 0.1) is 11.6 Å². The predicted molar refractivity (Wildman–Crippen MR) is 116 cm³/mol. The summed E-state index contributed by atoms with van der Waals surface area (Å²) in [6, 6.07) is 17.3. The smallest absolute Gasteiger partial charge is 0.239 e. The highest BCUT2D eigenvalue weighted by Crippen LogP contribution is 2.28. The summed E-state index contributed by atoms with van der Waals surface area (Å²) >= 11 is 0. The van der Waals surface area contributed by atoms with Gasteiger partial charge in [0.05, 0.1) is 6.42 Å². The largest absolute Gasteiger partial charge is 0.368 e. The lowest BCUT2D eigenvalue weighted by Gasteiger charge is -2.35. The van der Waals surface area contributed by atoms with E-state index in [2.05, 4.69) is 0 Å². The summed E-state index contributed by atoms with van der Waals surface area (Å²) in [5.74, 6) is -3.56. The fourth-order valence-electron chi connectivity index (χ4n) is 3.53.